The molecular weight excluding hydrogens is 270 g/mol. The van der Waals surface area contributed by atoms with Crippen LogP contribution in [0.1, 0.15) is 39.8 Å². The fourth-order valence-corrected chi connectivity index (χ4v) is 1.96. The quantitative estimate of drug-likeness (QED) is 0.856. The van der Waals surface area contributed by atoms with Crippen LogP contribution < -0.4 is 5.32 Å². The molecule has 1 aromatic carbocycles. The smallest absolute Gasteiger partial charge is 0.335 e. The Kier molecular flexibility index (Phi) is 4.77. The molecule has 110 valence electrons. The standard InChI is InChI=1S/C16H17NO4/c1-11(4-9-14-3-2-10-21-14)17-15(18)12-5-7-13(8-6-12)16(19)20/h2-3,5-8,10-11H,4,9H2,1H3,(H,17,18)(H,19,20). The molecule has 5 nitrogen and oxygen atoms in total. The van der Waals surface area contributed by atoms with Gasteiger partial charge >= 0.3 is 5.97 Å². The number of nitrogens with one attached hydrogen (secondary N) is 1. The molecule has 0 aliphatic carbocycles. The molecular formula is C16H17NO4. The number of rotatable bonds is 6. The third-order valence-electron chi connectivity index (χ3n) is 3.18. The lowest BCUT2D eigenvalue weighted by Crippen LogP contribution is -2.32. The molecule has 0 radical (unpaired) electrons. The van der Waals surface area contributed by atoms with Crippen molar-refractivity contribution < 1.29 is 19.1 Å². The van der Waals surface area contributed by atoms with Crippen molar-refractivity contribution in [2.24, 2.45) is 0 Å². The van der Waals surface area contributed by atoms with E-state index in [9.17, 15) is 9.59 Å². The molecule has 0 bridgehead atoms. The fourth-order valence-electron chi connectivity index (χ4n) is 1.96. The van der Waals surface area contributed by atoms with Gasteiger partial charge in [-0.05, 0) is 49.7 Å². The van der Waals surface area contributed by atoms with Crippen LogP contribution in [0, 0.1) is 0 Å². The summed E-state index contributed by atoms with van der Waals surface area (Å²) in [4.78, 5) is 22.8. The summed E-state index contributed by atoms with van der Waals surface area (Å²) in [5.74, 6) is -0.324. The van der Waals surface area contributed by atoms with Crippen molar-refractivity contribution in [2.75, 3.05) is 0 Å². The Morgan fingerprint density at radius 3 is 2.43 bits per heavy atom. The molecule has 0 saturated carbocycles. The zero-order chi connectivity index (χ0) is 15.2. The van der Waals surface area contributed by atoms with Gasteiger partial charge in [-0.1, -0.05) is 0 Å². The van der Waals surface area contributed by atoms with Crippen LogP contribution in [0.4, 0.5) is 0 Å². The molecule has 1 unspecified atom stereocenters. The minimum absolute atomic E-state index is 0.00162. The van der Waals surface area contributed by atoms with E-state index in [1.54, 1.807) is 6.26 Å². The second-order valence-electron chi connectivity index (χ2n) is 4.88. The molecule has 2 N–H and O–H groups in total. The van der Waals surface area contributed by atoms with Gasteiger partial charge in [0.1, 0.15) is 5.76 Å². The van der Waals surface area contributed by atoms with E-state index < -0.39 is 5.97 Å². The largest absolute Gasteiger partial charge is 0.478 e. The number of aromatic carboxylic acids is 1. The highest BCUT2D eigenvalue weighted by Crippen LogP contribution is 2.08. The van der Waals surface area contributed by atoms with E-state index >= 15 is 0 Å². The Balaban J connectivity index is 1.86. The van der Waals surface area contributed by atoms with Crippen LogP contribution in [0.15, 0.2) is 47.1 Å². The lowest BCUT2D eigenvalue weighted by molar-refractivity contribution is 0.0696. The Morgan fingerprint density at radius 2 is 1.86 bits per heavy atom. The molecule has 2 rings (SSSR count). The number of carboxylic acid groups (broad SMARTS) is 1. The zero-order valence-electron chi connectivity index (χ0n) is 11.7. The predicted octanol–water partition coefficient (Wildman–Crippen LogP) is 2.73. The third-order valence-corrected chi connectivity index (χ3v) is 3.18. The molecule has 0 fully saturated rings. The molecule has 1 aromatic heterocycles. The lowest BCUT2D eigenvalue weighted by atomic mass is 10.1. The summed E-state index contributed by atoms with van der Waals surface area (Å²) in [5.41, 5.74) is 0.613. The van der Waals surface area contributed by atoms with E-state index in [1.807, 2.05) is 19.1 Å². The normalized spacial score (nSPS) is 11.9. The van der Waals surface area contributed by atoms with Crippen molar-refractivity contribution in [3.63, 3.8) is 0 Å². The van der Waals surface area contributed by atoms with Crippen molar-refractivity contribution in [1.29, 1.82) is 0 Å². The number of benzene rings is 1. The highest BCUT2D eigenvalue weighted by molar-refractivity contribution is 5.96. The third kappa shape index (κ3) is 4.21. The average Bonchev–Trinajstić information content (AvgIpc) is 2.98. The van der Waals surface area contributed by atoms with E-state index in [0.29, 0.717) is 5.56 Å². The summed E-state index contributed by atoms with van der Waals surface area (Å²) >= 11 is 0. The van der Waals surface area contributed by atoms with Crippen molar-refractivity contribution in [3.05, 3.63) is 59.5 Å². The van der Waals surface area contributed by atoms with Crippen LogP contribution in [0.2, 0.25) is 0 Å². The van der Waals surface area contributed by atoms with Crippen LogP contribution in [0.3, 0.4) is 0 Å². The molecule has 0 aliphatic heterocycles. The molecule has 0 saturated heterocycles. The summed E-state index contributed by atoms with van der Waals surface area (Å²) in [6, 6.07) is 9.61. The minimum Gasteiger partial charge on any atom is -0.478 e. The maximum atomic E-state index is 12.0. The number of furan rings is 1. The van der Waals surface area contributed by atoms with Crippen molar-refractivity contribution >= 4 is 11.9 Å². The minimum atomic E-state index is -1.01. The van der Waals surface area contributed by atoms with Crippen molar-refractivity contribution in [3.8, 4) is 0 Å². The monoisotopic (exact) mass is 287 g/mol. The summed E-state index contributed by atoms with van der Waals surface area (Å²) < 4.78 is 5.24. The fraction of sp³-hybridized carbons (Fsp3) is 0.250. The Labute approximate surface area is 122 Å². The van der Waals surface area contributed by atoms with Crippen LogP contribution in [-0.4, -0.2) is 23.0 Å². The first-order valence-corrected chi connectivity index (χ1v) is 6.73. The lowest BCUT2D eigenvalue weighted by Gasteiger charge is -2.13. The highest BCUT2D eigenvalue weighted by Gasteiger charge is 2.11. The number of amides is 1. The SMILES string of the molecule is CC(CCc1ccco1)NC(=O)c1ccc(C(=O)O)cc1. The number of hydrogen-bond donors (Lipinski definition) is 2. The van der Waals surface area contributed by atoms with Crippen LogP contribution >= 0.6 is 0 Å². The van der Waals surface area contributed by atoms with Gasteiger partial charge < -0.3 is 14.8 Å². The van der Waals surface area contributed by atoms with E-state index in [1.165, 1.54) is 24.3 Å². The van der Waals surface area contributed by atoms with Gasteiger partial charge in [0.15, 0.2) is 0 Å². The van der Waals surface area contributed by atoms with Crippen LogP contribution in [0.25, 0.3) is 0 Å². The maximum Gasteiger partial charge on any atom is 0.335 e. The van der Waals surface area contributed by atoms with Gasteiger partial charge in [-0.15, -0.1) is 0 Å². The number of aryl methyl sites for hydroxylation is 1. The van der Waals surface area contributed by atoms with Gasteiger partial charge in [0.05, 0.1) is 11.8 Å². The molecule has 2 aromatic rings. The van der Waals surface area contributed by atoms with Gasteiger partial charge in [0.25, 0.3) is 5.91 Å². The maximum absolute atomic E-state index is 12.0. The molecule has 5 heteroatoms. The van der Waals surface area contributed by atoms with E-state index in [-0.39, 0.29) is 17.5 Å². The van der Waals surface area contributed by atoms with Gasteiger partial charge in [-0.2, -0.15) is 0 Å². The first kappa shape index (κ1) is 14.8. The molecule has 0 spiro atoms. The van der Waals surface area contributed by atoms with Crippen molar-refractivity contribution in [1.82, 2.24) is 5.32 Å². The zero-order valence-corrected chi connectivity index (χ0v) is 11.7. The predicted molar refractivity (Wildman–Crippen MR) is 77.4 cm³/mol. The molecule has 0 aliphatic rings. The van der Waals surface area contributed by atoms with Gasteiger partial charge in [0.2, 0.25) is 0 Å². The second kappa shape index (κ2) is 6.74. The average molecular weight is 287 g/mol. The summed E-state index contributed by atoms with van der Waals surface area (Å²) in [5, 5.41) is 11.7. The number of carbonyl (C=O) groups excluding carboxylic acids is 1. The topological polar surface area (TPSA) is 79.5 Å². The summed E-state index contributed by atoms with van der Waals surface area (Å²) in [7, 11) is 0. The number of carbonyl (C=O) groups is 2. The number of hydrogen-bond acceptors (Lipinski definition) is 3. The Bertz CT molecular complexity index is 602. The molecule has 1 atom stereocenters. The van der Waals surface area contributed by atoms with E-state index in [0.717, 1.165) is 18.6 Å². The summed E-state index contributed by atoms with van der Waals surface area (Å²) in [6.07, 6.45) is 3.15. The van der Waals surface area contributed by atoms with E-state index in [2.05, 4.69) is 5.32 Å². The van der Waals surface area contributed by atoms with Crippen LogP contribution in [-0.2, 0) is 6.42 Å². The summed E-state index contributed by atoms with van der Waals surface area (Å²) in [6.45, 7) is 1.92. The van der Waals surface area contributed by atoms with Gasteiger partial charge in [-0.3, -0.25) is 4.79 Å². The Morgan fingerprint density at radius 1 is 1.19 bits per heavy atom. The van der Waals surface area contributed by atoms with Gasteiger partial charge in [0, 0.05) is 18.0 Å². The first-order chi connectivity index (χ1) is 10.1. The highest BCUT2D eigenvalue weighted by atomic mass is 16.4. The molecule has 21 heavy (non-hydrogen) atoms. The number of carboxylic acids is 1. The first-order valence-electron chi connectivity index (χ1n) is 6.73. The molecule has 1 amide bonds. The van der Waals surface area contributed by atoms with Crippen LogP contribution in [0.5, 0.6) is 0 Å². The Hall–Kier alpha value is -2.56. The second-order valence-corrected chi connectivity index (χ2v) is 4.88. The molecule has 1 heterocycles. The van der Waals surface area contributed by atoms with Crippen molar-refractivity contribution in [2.45, 2.75) is 25.8 Å². The van der Waals surface area contributed by atoms with Gasteiger partial charge in [-0.25, -0.2) is 4.79 Å². The van der Waals surface area contributed by atoms with E-state index in [4.69, 9.17) is 9.52 Å².